The first-order chi connectivity index (χ1) is 7.67. The van der Waals surface area contributed by atoms with Gasteiger partial charge in [0.05, 0.1) is 6.10 Å². The summed E-state index contributed by atoms with van der Waals surface area (Å²) in [5.74, 6) is -0.0106. The van der Waals surface area contributed by atoms with Crippen LogP contribution in [0.2, 0.25) is 0 Å². The second kappa shape index (κ2) is 6.25. The number of benzene rings is 1. The highest BCUT2D eigenvalue weighted by Gasteiger charge is 2.06. The molecule has 0 spiro atoms. The number of aliphatic hydroxyl groups excluding tert-OH is 1. The van der Waals surface area contributed by atoms with Crippen LogP contribution in [0.15, 0.2) is 24.3 Å². The van der Waals surface area contributed by atoms with E-state index in [1.807, 2.05) is 12.1 Å². The molecule has 0 heterocycles. The Labute approximate surface area is 95.7 Å². The molecule has 4 heteroatoms. The van der Waals surface area contributed by atoms with Gasteiger partial charge in [0, 0.05) is 18.7 Å². The van der Waals surface area contributed by atoms with Crippen molar-refractivity contribution in [1.29, 1.82) is 0 Å². The minimum Gasteiger partial charge on any atom is -0.387 e. The maximum atomic E-state index is 11.1. The number of aliphatic hydroxyl groups is 1. The van der Waals surface area contributed by atoms with E-state index >= 15 is 0 Å². The number of anilines is 1. The highest BCUT2D eigenvalue weighted by Crippen LogP contribution is 2.15. The number of amides is 1. The van der Waals surface area contributed by atoms with E-state index in [-0.39, 0.29) is 5.91 Å². The van der Waals surface area contributed by atoms with Crippen molar-refractivity contribution in [1.82, 2.24) is 5.32 Å². The predicted octanol–water partition coefficient (Wildman–Crippen LogP) is 1.29. The summed E-state index contributed by atoms with van der Waals surface area (Å²) in [7, 11) is 1.79. The van der Waals surface area contributed by atoms with Crippen molar-refractivity contribution in [3.8, 4) is 0 Å². The van der Waals surface area contributed by atoms with Gasteiger partial charge in [0.15, 0.2) is 0 Å². The van der Waals surface area contributed by atoms with Crippen LogP contribution in [0.3, 0.4) is 0 Å². The van der Waals surface area contributed by atoms with E-state index in [9.17, 15) is 9.90 Å². The van der Waals surface area contributed by atoms with Gasteiger partial charge < -0.3 is 15.7 Å². The summed E-state index contributed by atoms with van der Waals surface area (Å²) >= 11 is 0. The third-order valence-electron chi connectivity index (χ3n) is 2.30. The maximum Gasteiger partial charge on any atom is 0.224 e. The van der Waals surface area contributed by atoms with Gasteiger partial charge in [-0.2, -0.15) is 0 Å². The van der Waals surface area contributed by atoms with Crippen LogP contribution in [-0.4, -0.2) is 24.6 Å². The normalized spacial score (nSPS) is 12.2. The zero-order valence-electron chi connectivity index (χ0n) is 9.66. The highest BCUT2D eigenvalue weighted by molar-refractivity contribution is 5.90. The van der Waals surface area contributed by atoms with Crippen molar-refractivity contribution in [2.75, 3.05) is 18.9 Å². The largest absolute Gasteiger partial charge is 0.387 e. The van der Waals surface area contributed by atoms with E-state index in [4.69, 9.17) is 0 Å². The fraction of sp³-hybridized carbons (Fsp3) is 0.417. The lowest BCUT2D eigenvalue weighted by atomic mass is 10.1. The second-order valence-corrected chi connectivity index (χ2v) is 3.60. The van der Waals surface area contributed by atoms with Gasteiger partial charge in [-0.05, 0) is 24.7 Å². The molecule has 0 fully saturated rings. The van der Waals surface area contributed by atoms with Crippen LogP contribution in [0.25, 0.3) is 0 Å². The van der Waals surface area contributed by atoms with E-state index in [2.05, 4.69) is 10.6 Å². The monoisotopic (exact) mass is 222 g/mol. The first-order valence-electron chi connectivity index (χ1n) is 5.39. The van der Waals surface area contributed by atoms with Crippen LogP contribution in [0.1, 0.15) is 25.0 Å². The van der Waals surface area contributed by atoms with Crippen LogP contribution >= 0.6 is 0 Å². The number of carbonyl (C=O) groups excluding carboxylic acids is 1. The van der Waals surface area contributed by atoms with Gasteiger partial charge in [-0.3, -0.25) is 4.79 Å². The summed E-state index contributed by atoms with van der Waals surface area (Å²) in [5, 5.41) is 15.3. The molecule has 4 nitrogen and oxygen atoms in total. The van der Waals surface area contributed by atoms with Crippen LogP contribution in [0.4, 0.5) is 5.69 Å². The Morgan fingerprint density at radius 3 is 2.50 bits per heavy atom. The van der Waals surface area contributed by atoms with Crippen molar-refractivity contribution < 1.29 is 9.90 Å². The summed E-state index contributed by atoms with van der Waals surface area (Å²) in [5.41, 5.74) is 1.59. The zero-order chi connectivity index (χ0) is 12.0. The summed E-state index contributed by atoms with van der Waals surface area (Å²) < 4.78 is 0. The molecule has 88 valence electrons. The van der Waals surface area contributed by atoms with Crippen LogP contribution < -0.4 is 10.6 Å². The number of carbonyl (C=O) groups is 1. The molecule has 0 saturated heterocycles. The summed E-state index contributed by atoms with van der Waals surface area (Å²) in [4.78, 5) is 11.1. The SMILES string of the molecule is CCC(=O)Nc1ccc(C(O)CNC)cc1. The molecule has 3 N–H and O–H groups in total. The quantitative estimate of drug-likeness (QED) is 0.703. The molecular formula is C12H18N2O2. The van der Waals surface area contributed by atoms with Gasteiger partial charge in [-0.25, -0.2) is 0 Å². The number of likely N-dealkylation sites (N-methyl/N-ethyl adjacent to an activating group) is 1. The van der Waals surface area contributed by atoms with Gasteiger partial charge in [-0.15, -0.1) is 0 Å². The van der Waals surface area contributed by atoms with E-state index < -0.39 is 6.10 Å². The molecule has 1 aromatic carbocycles. The summed E-state index contributed by atoms with van der Waals surface area (Å²) in [6.07, 6.45) is -0.0506. The van der Waals surface area contributed by atoms with Crippen molar-refractivity contribution in [3.63, 3.8) is 0 Å². The van der Waals surface area contributed by atoms with Crippen molar-refractivity contribution in [2.24, 2.45) is 0 Å². The lowest BCUT2D eigenvalue weighted by Crippen LogP contribution is -2.16. The zero-order valence-corrected chi connectivity index (χ0v) is 9.66. The molecule has 0 aliphatic carbocycles. The van der Waals surface area contributed by atoms with E-state index in [0.29, 0.717) is 13.0 Å². The van der Waals surface area contributed by atoms with E-state index in [1.165, 1.54) is 0 Å². The third kappa shape index (κ3) is 3.64. The Morgan fingerprint density at radius 2 is 2.00 bits per heavy atom. The molecule has 0 radical (unpaired) electrons. The average Bonchev–Trinajstić information content (AvgIpc) is 2.30. The van der Waals surface area contributed by atoms with Crippen LogP contribution in [0, 0.1) is 0 Å². The molecular weight excluding hydrogens is 204 g/mol. The van der Waals surface area contributed by atoms with Gasteiger partial charge in [0.25, 0.3) is 0 Å². The standard InChI is InChI=1S/C12H18N2O2/c1-3-12(16)14-10-6-4-9(5-7-10)11(15)8-13-2/h4-7,11,13,15H,3,8H2,1-2H3,(H,14,16). The molecule has 0 saturated carbocycles. The fourth-order valence-electron chi connectivity index (χ4n) is 1.35. The molecule has 1 rings (SSSR count). The Bertz CT molecular complexity index is 335. The molecule has 0 aliphatic rings. The van der Waals surface area contributed by atoms with Gasteiger partial charge >= 0.3 is 0 Å². The molecule has 1 aromatic rings. The number of hydrogen-bond donors (Lipinski definition) is 3. The van der Waals surface area contributed by atoms with Crippen molar-refractivity contribution >= 4 is 11.6 Å². The Balaban J connectivity index is 2.64. The minimum absolute atomic E-state index is 0.0106. The third-order valence-corrected chi connectivity index (χ3v) is 2.30. The molecule has 0 aliphatic heterocycles. The van der Waals surface area contributed by atoms with E-state index in [1.54, 1.807) is 26.1 Å². The van der Waals surface area contributed by atoms with Crippen LogP contribution in [-0.2, 0) is 4.79 Å². The summed E-state index contributed by atoms with van der Waals surface area (Å²) in [6, 6.07) is 7.21. The molecule has 1 atom stereocenters. The van der Waals surface area contributed by atoms with Crippen LogP contribution in [0.5, 0.6) is 0 Å². The van der Waals surface area contributed by atoms with Crippen molar-refractivity contribution in [2.45, 2.75) is 19.4 Å². The van der Waals surface area contributed by atoms with Gasteiger partial charge in [-0.1, -0.05) is 19.1 Å². The fourth-order valence-corrected chi connectivity index (χ4v) is 1.35. The van der Waals surface area contributed by atoms with E-state index in [0.717, 1.165) is 11.3 Å². The molecule has 1 amide bonds. The topological polar surface area (TPSA) is 61.4 Å². The first-order valence-corrected chi connectivity index (χ1v) is 5.39. The Morgan fingerprint density at radius 1 is 1.38 bits per heavy atom. The smallest absolute Gasteiger partial charge is 0.224 e. The lowest BCUT2D eigenvalue weighted by Gasteiger charge is -2.11. The molecule has 1 unspecified atom stereocenters. The maximum absolute atomic E-state index is 11.1. The lowest BCUT2D eigenvalue weighted by molar-refractivity contribution is -0.115. The molecule has 16 heavy (non-hydrogen) atoms. The Hall–Kier alpha value is -1.39. The number of hydrogen-bond acceptors (Lipinski definition) is 3. The molecule has 0 bridgehead atoms. The predicted molar refractivity (Wildman–Crippen MR) is 64.2 cm³/mol. The number of rotatable bonds is 5. The van der Waals surface area contributed by atoms with Gasteiger partial charge in [0.1, 0.15) is 0 Å². The number of nitrogens with one attached hydrogen (secondary N) is 2. The Kier molecular flexibility index (Phi) is 4.95. The van der Waals surface area contributed by atoms with Gasteiger partial charge in [0.2, 0.25) is 5.91 Å². The minimum atomic E-state index is -0.513. The summed E-state index contributed by atoms with van der Waals surface area (Å²) in [6.45, 7) is 2.32. The molecule has 0 aromatic heterocycles. The average molecular weight is 222 g/mol. The second-order valence-electron chi connectivity index (χ2n) is 3.60. The first kappa shape index (κ1) is 12.7. The van der Waals surface area contributed by atoms with Crippen molar-refractivity contribution in [3.05, 3.63) is 29.8 Å². The highest BCUT2D eigenvalue weighted by atomic mass is 16.3.